The molecule has 1 unspecified atom stereocenters. The highest BCUT2D eigenvalue weighted by molar-refractivity contribution is 6.30. The molecule has 1 aliphatic rings. The van der Waals surface area contributed by atoms with Gasteiger partial charge >= 0.3 is 6.03 Å². The zero-order chi connectivity index (χ0) is 16.1. The van der Waals surface area contributed by atoms with Gasteiger partial charge in [0, 0.05) is 43.9 Å². The zero-order valence-corrected chi connectivity index (χ0v) is 13.9. The van der Waals surface area contributed by atoms with Crippen molar-refractivity contribution in [1.82, 2.24) is 10.2 Å². The average molecular weight is 326 g/mol. The van der Waals surface area contributed by atoms with Crippen molar-refractivity contribution in [1.29, 1.82) is 0 Å². The Morgan fingerprint density at radius 2 is 2.32 bits per heavy atom. The third-order valence-corrected chi connectivity index (χ3v) is 4.36. The first kappa shape index (κ1) is 16.9. The first-order valence-corrected chi connectivity index (χ1v) is 8.00. The number of carbonyl (C=O) groups excluding carboxylic acids is 1. The zero-order valence-electron chi connectivity index (χ0n) is 13.2. The Morgan fingerprint density at radius 3 is 3.05 bits per heavy atom. The van der Waals surface area contributed by atoms with Crippen molar-refractivity contribution in [2.24, 2.45) is 5.92 Å². The molecule has 1 aliphatic heterocycles. The van der Waals surface area contributed by atoms with Crippen LogP contribution in [0.5, 0.6) is 0 Å². The molecule has 1 fully saturated rings. The molecule has 1 heterocycles. The molecule has 0 aromatic heterocycles. The number of carbonyl (C=O) groups is 1. The predicted octanol–water partition coefficient (Wildman–Crippen LogP) is 2.11. The molecular formula is C16H24ClN3O2. The Hall–Kier alpha value is -1.46. The van der Waals surface area contributed by atoms with Gasteiger partial charge in [0.1, 0.15) is 0 Å². The van der Waals surface area contributed by atoms with E-state index in [9.17, 15) is 4.79 Å². The fourth-order valence-electron chi connectivity index (χ4n) is 2.76. The minimum absolute atomic E-state index is 0.0187. The molecule has 2 rings (SSSR count). The van der Waals surface area contributed by atoms with Crippen LogP contribution in [0.1, 0.15) is 12.0 Å². The van der Waals surface area contributed by atoms with Crippen molar-refractivity contribution < 1.29 is 9.90 Å². The van der Waals surface area contributed by atoms with Gasteiger partial charge in [0.25, 0.3) is 0 Å². The number of benzene rings is 1. The maximum atomic E-state index is 11.8. The normalized spacial score (nSPS) is 17.6. The first-order chi connectivity index (χ1) is 10.5. The highest BCUT2D eigenvalue weighted by Gasteiger charge is 2.24. The maximum absolute atomic E-state index is 11.8. The molecule has 0 aliphatic carbocycles. The molecule has 1 aromatic carbocycles. The van der Waals surface area contributed by atoms with Gasteiger partial charge in [-0.2, -0.15) is 0 Å². The van der Waals surface area contributed by atoms with Crippen LogP contribution in [0.4, 0.5) is 10.5 Å². The number of anilines is 1. The summed E-state index contributed by atoms with van der Waals surface area (Å²) in [7, 11) is 1.68. The summed E-state index contributed by atoms with van der Waals surface area (Å²) in [5.74, 6) is 0.435. The molecule has 0 saturated carbocycles. The number of aliphatic hydroxyl groups excluding tert-OH is 1. The van der Waals surface area contributed by atoms with Crippen molar-refractivity contribution in [2.45, 2.75) is 13.3 Å². The number of aliphatic hydroxyl groups is 1. The van der Waals surface area contributed by atoms with Crippen molar-refractivity contribution in [3.8, 4) is 0 Å². The Morgan fingerprint density at radius 1 is 1.55 bits per heavy atom. The van der Waals surface area contributed by atoms with Crippen LogP contribution < -0.4 is 10.2 Å². The van der Waals surface area contributed by atoms with E-state index in [1.54, 1.807) is 7.05 Å². The second-order valence-corrected chi connectivity index (χ2v) is 6.30. The van der Waals surface area contributed by atoms with Gasteiger partial charge in [-0.1, -0.05) is 17.7 Å². The van der Waals surface area contributed by atoms with Gasteiger partial charge in [-0.25, -0.2) is 4.79 Å². The molecule has 1 saturated heterocycles. The number of halogens is 1. The second-order valence-electron chi connectivity index (χ2n) is 5.86. The van der Waals surface area contributed by atoms with Crippen LogP contribution in [0.3, 0.4) is 0 Å². The van der Waals surface area contributed by atoms with Gasteiger partial charge in [0.2, 0.25) is 0 Å². The average Bonchev–Trinajstić information content (AvgIpc) is 2.96. The van der Waals surface area contributed by atoms with E-state index in [0.29, 0.717) is 19.0 Å². The summed E-state index contributed by atoms with van der Waals surface area (Å²) in [6.45, 7) is 4.98. The van der Waals surface area contributed by atoms with Crippen LogP contribution in [-0.2, 0) is 0 Å². The van der Waals surface area contributed by atoms with Crippen LogP contribution in [0.15, 0.2) is 18.2 Å². The first-order valence-electron chi connectivity index (χ1n) is 7.62. The third-order valence-electron chi connectivity index (χ3n) is 4.12. The number of hydrogen-bond donors (Lipinski definition) is 2. The number of aryl methyl sites for hydroxylation is 1. The lowest BCUT2D eigenvalue weighted by Gasteiger charge is -2.22. The Kier molecular flexibility index (Phi) is 5.91. The SMILES string of the molecule is Cc1ccc(Cl)cc1N1CCC(CNC(=O)N(C)CCO)C1. The number of likely N-dealkylation sites (N-methyl/N-ethyl adjacent to an activating group) is 1. The molecule has 122 valence electrons. The summed E-state index contributed by atoms with van der Waals surface area (Å²) >= 11 is 6.09. The largest absolute Gasteiger partial charge is 0.395 e. The smallest absolute Gasteiger partial charge is 0.317 e. The van der Waals surface area contributed by atoms with Crippen LogP contribution >= 0.6 is 11.6 Å². The van der Waals surface area contributed by atoms with Crippen molar-refractivity contribution in [3.63, 3.8) is 0 Å². The highest BCUT2D eigenvalue weighted by Crippen LogP contribution is 2.29. The fourth-order valence-corrected chi connectivity index (χ4v) is 2.93. The van der Waals surface area contributed by atoms with Gasteiger partial charge in [-0.05, 0) is 37.0 Å². The van der Waals surface area contributed by atoms with Crippen LogP contribution in [0, 0.1) is 12.8 Å². The van der Waals surface area contributed by atoms with E-state index in [4.69, 9.17) is 16.7 Å². The summed E-state index contributed by atoms with van der Waals surface area (Å²) in [4.78, 5) is 15.6. The van der Waals surface area contributed by atoms with E-state index in [2.05, 4.69) is 17.1 Å². The Balaban J connectivity index is 1.85. The second kappa shape index (κ2) is 7.70. The fraction of sp³-hybridized carbons (Fsp3) is 0.562. The maximum Gasteiger partial charge on any atom is 0.317 e. The standard InChI is InChI=1S/C16H24ClN3O2/c1-12-3-4-14(17)9-15(12)20-6-5-13(11-20)10-18-16(22)19(2)7-8-21/h3-4,9,13,21H,5-8,10-11H2,1-2H3,(H,18,22). The number of hydrogen-bond acceptors (Lipinski definition) is 3. The lowest BCUT2D eigenvalue weighted by atomic mass is 10.1. The molecule has 1 atom stereocenters. The summed E-state index contributed by atoms with van der Waals surface area (Å²) in [6.07, 6.45) is 1.05. The quantitative estimate of drug-likeness (QED) is 0.871. The van der Waals surface area contributed by atoms with Gasteiger partial charge in [0.15, 0.2) is 0 Å². The van der Waals surface area contributed by atoms with E-state index >= 15 is 0 Å². The van der Waals surface area contributed by atoms with Gasteiger partial charge in [0.05, 0.1) is 6.61 Å². The van der Waals surface area contributed by atoms with E-state index in [-0.39, 0.29) is 12.6 Å². The minimum atomic E-state index is -0.133. The minimum Gasteiger partial charge on any atom is -0.395 e. The van der Waals surface area contributed by atoms with E-state index in [0.717, 1.165) is 24.5 Å². The molecule has 2 N–H and O–H groups in total. The summed E-state index contributed by atoms with van der Waals surface area (Å²) in [5, 5.41) is 12.5. The van der Waals surface area contributed by atoms with Gasteiger partial charge < -0.3 is 20.2 Å². The van der Waals surface area contributed by atoms with Crippen molar-refractivity contribution in [3.05, 3.63) is 28.8 Å². The van der Waals surface area contributed by atoms with Gasteiger partial charge in [-0.15, -0.1) is 0 Å². The summed E-state index contributed by atoms with van der Waals surface area (Å²) in [6, 6.07) is 5.82. The van der Waals surface area contributed by atoms with Crippen LogP contribution in [0.25, 0.3) is 0 Å². The summed E-state index contributed by atoms with van der Waals surface area (Å²) in [5.41, 5.74) is 2.40. The number of rotatable bonds is 5. The summed E-state index contributed by atoms with van der Waals surface area (Å²) < 4.78 is 0. The molecule has 1 aromatic rings. The van der Waals surface area contributed by atoms with Crippen LogP contribution in [0.2, 0.25) is 5.02 Å². The molecule has 0 bridgehead atoms. The molecule has 22 heavy (non-hydrogen) atoms. The van der Waals surface area contributed by atoms with E-state index in [1.807, 2.05) is 18.2 Å². The number of urea groups is 1. The molecular weight excluding hydrogens is 302 g/mol. The molecule has 0 radical (unpaired) electrons. The van der Waals surface area contributed by atoms with Crippen molar-refractivity contribution in [2.75, 3.05) is 44.7 Å². The van der Waals surface area contributed by atoms with Crippen LogP contribution in [-0.4, -0.2) is 55.9 Å². The lowest BCUT2D eigenvalue weighted by Crippen LogP contribution is -2.41. The Bertz CT molecular complexity index is 524. The predicted molar refractivity (Wildman–Crippen MR) is 89.6 cm³/mol. The number of nitrogens with one attached hydrogen (secondary N) is 1. The topological polar surface area (TPSA) is 55.8 Å². The number of amides is 2. The van der Waals surface area contributed by atoms with E-state index in [1.165, 1.54) is 16.2 Å². The number of nitrogens with zero attached hydrogens (tertiary/aromatic N) is 2. The van der Waals surface area contributed by atoms with Crippen molar-refractivity contribution >= 4 is 23.3 Å². The third kappa shape index (κ3) is 4.27. The molecule has 2 amide bonds. The molecule has 5 nitrogen and oxygen atoms in total. The molecule has 6 heteroatoms. The highest BCUT2D eigenvalue weighted by atomic mass is 35.5. The monoisotopic (exact) mass is 325 g/mol. The lowest BCUT2D eigenvalue weighted by molar-refractivity contribution is 0.189. The molecule has 0 spiro atoms. The van der Waals surface area contributed by atoms with E-state index < -0.39 is 0 Å². The Labute approximate surface area is 136 Å². The van der Waals surface area contributed by atoms with Gasteiger partial charge in [-0.3, -0.25) is 0 Å².